The van der Waals surface area contributed by atoms with Crippen LogP contribution in [0.1, 0.15) is 30.1 Å². The molecule has 0 unspecified atom stereocenters. The number of sulfonamides is 1. The summed E-state index contributed by atoms with van der Waals surface area (Å²) >= 11 is 0. The molecular formula is C24H22FN3O4S. The second kappa shape index (κ2) is 7.93. The van der Waals surface area contributed by atoms with Gasteiger partial charge in [-0.25, -0.2) is 12.8 Å². The summed E-state index contributed by atoms with van der Waals surface area (Å²) in [7, 11) is -3.95. The van der Waals surface area contributed by atoms with E-state index >= 15 is 0 Å². The van der Waals surface area contributed by atoms with E-state index < -0.39 is 27.8 Å². The first-order valence-electron chi connectivity index (χ1n) is 10.8. The molecule has 2 heterocycles. The number of anilines is 2. The van der Waals surface area contributed by atoms with Crippen molar-refractivity contribution >= 4 is 44.0 Å². The first-order chi connectivity index (χ1) is 15.8. The Bertz CT molecular complexity index is 1390. The molecule has 0 aromatic heterocycles. The molecule has 33 heavy (non-hydrogen) atoms. The minimum Gasteiger partial charge on any atom is -0.324 e. The van der Waals surface area contributed by atoms with E-state index in [0.717, 1.165) is 28.6 Å². The highest BCUT2D eigenvalue weighted by atomic mass is 32.2. The van der Waals surface area contributed by atoms with Crippen molar-refractivity contribution < 1.29 is 22.4 Å². The molecule has 2 aliphatic rings. The van der Waals surface area contributed by atoms with Gasteiger partial charge in [0.1, 0.15) is 11.9 Å². The van der Waals surface area contributed by atoms with Gasteiger partial charge in [0.2, 0.25) is 15.9 Å². The molecule has 7 nitrogen and oxygen atoms in total. The van der Waals surface area contributed by atoms with Crippen molar-refractivity contribution in [2.75, 3.05) is 23.3 Å². The van der Waals surface area contributed by atoms with Crippen molar-refractivity contribution in [2.45, 2.75) is 30.7 Å². The maximum atomic E-state index is 13.3. The average Bonchev–Trinajstić information content (AvgIpc) is 3.41. The number of hydrogen-bond donors (Lipinski definition) is 1. The van der Waals surface area contributed by atoms with Crippen LogP contribution in [0.2, 0.25) is 0 Å². The predicted octanol–water partition coefficient (Wildman–Crippen LogP) is 3.75. The zero-order chi connectivity index (χ0) is 23.3. The van der Waals surface area contributed by atoms with Gasteiger partial charge in [-0.15, -0.1) is 0 Å². The fourth-order valence-electron chi connectivity index (χ4n) is 4.72. The van der Waals surface area contributed by atoms with E-state index in [9.17, 15) is 22.4 Å². The summed E-state index contributed by atoms with van der Waals surface area (Å²) < 4.78 is 40.7. The summed E-state index contributed by atoms with van der Waals surface area (Å²) in [6.45, 7) is 2.65. The van der Waals surface area contributed by atoms with E-state index in [1.54, 1.807) is 29.2 Å². The lowest BCUT2D eigenvalue weighted by atomic mass is 10.0. The van der Waals surface area contributed by atoms with Crippen molar-refractivity contribution in [3.63, 3.8) is 0 Å². The first kappa shape index (κ1) is 21.5. The van der Waals surface area contributed by atoms with E-state index in [0.29, 0.717) is 30.6 Å². The SMILES string of the molecule is CCN1C(=O)c2cccc3c(NC(=O)[C@H]4CCCN4S(=O)(=O)c4ccc(F)cc4)ccc1c23. The Morgan fingerprint density at radius 1 is 1.12 bits per heavy atom. The number of amides is 2. The maximum Gasteiger partial charge on any atom is 0.258 e. The molecule has 1 atom stereocenters. The molecule has 3 aromatic rings. The Morgan fingerprint density at radius 3 is 2.61 bits per heavy atom. The molecule has 2 aliphatic heterocycles. The van der Waals surface area contributed by atoms with Gasteiger partial charge in [-0.2, -0.15) is 4.31 Å². The number of halogens is 1. The quantitative estimate of drug-likeness (QED) is 0.619. The highest BCUT2D eigenvalue weighted by molar-refractivity contribution is 7.89. The zero-order valence-corrected chi connectivity index (χ0v) is 18.7. The normalized spacial score (nSPS) is 18.3. The van der Waals surface area contributed by atoms with Gasteiger partial charge in [0.05, 0.1) is 10.6 Å². The van der Waals surface area contributed by atoms with Crippen LogP contribution in [0.4, 0.5) is 15.8 Å². The fraction of sp³-hybridized carbons (Fsp3) is 0.250. The van der Waals surface area contributed by atoms with E-state index in [2.05, 4.69) is 5.32 Å². The van der Waals surface area contributed by atoms with Crippen LogP contribution in [-0.4, -0.2) is 43.7 Å². The number of carbonyl (C=O) groups is 2. The number of nitrogens with zero attached hydrogens (tertiary/aromatic N) is 2. The lowest BCUT2D eigenvalue weighted by Crippen LogP contribution is -2.43. The van der Waals surface area contributed by atoms with Crippen LogP contribution >= 0.6 is 0 Å². The number of benzene rings is 3. The maximum absolute atomic E-state index is 13.3. The van der Waals surface area contributed by atoms with Crippen LogP contribution < -0.4 is 10.2 Å². The molecule has 3 aromatic carbocycles. The molecule has 5 rings (SSSR count). The lowest BCUT2D eigenvalue weighted by molar-refractivity contribution is -0.119. The van der Waals surface area contributed by atoms with Crippen LogP contribution in [-0.2, 0) is 14.8 Å². The van der Waals surface area contributed by atoms with Crippen molar-refractivity contribution in [1.82, 2.24) is 4.31 Å². The molecule has 1 fully saturated rings. The number of hydrogen-bond acceptors (Lipinski definition) is 4. The molecule has 0 aliphatic carbocycles. The second-order valence-corrected chi connectivity index (χ2v) is 10.0. The summed E-state index contributed by atoms with van der Waals surface area (Å²) in [4.78, 5) is 27.6. The van der Waals surface area contributed by atoms with Crippen LogP contribution in [0.25, 0.3) is 10.8 Å². The molecular weight excluding hydrogens is 445 g/mol. The minimum absolute atomic E-state index is 0.0490. The Morgan fingerprint density at radius 2 is 1.88 bits per heavy atom. The number of carbonyl (C=O) groups excluding carboxylic acids is 2. The molecule has 2 amide bonds. The van der Waals surface area contributed by atoms with E-state index in [1.807, 2.05) is 13.0 Å². The van der Waals surface area contributed by atoms with Crippen LogP contribution in [0.15, 0.2) is 59.5 Å². The molecule has 0 spiro atoms. The second-order valence-electron chi connectivity index (χ2n) is 8.13. The Labute approximate surface area is 190 Å². The third-order valence-electron chi connectivity index (χ3n) is 6.29. The van der Waals surface area contributed by atoms with Gasteiger partial charge in [-0.3, -0.25) is 9.59 Å². The highest BCUT2D eigenvalue weighted by Crippen LogP contribution is 2.40. The van der Waals surface area contributed by atoms with Gasteiger partial charge in [-0.05, 0) is 62.2 Å². The summed E-state index contributed by atoms with van der Waals surface area (Å²) in [5.41, 5.74) is 1.91. The summed E-state index contributed by atoms with van der Waals surface area (Å²) in [5.74, 6) is -1.04. The minimum atomic E-state index is -3.95. The molecule has 1 N–H and O–H groups in total. The topological polar surface area (TPSA) is 86.8 Å². The van der Waals surface area contributed by atoms with Crippen molar-refractivity contribution in [3.05, 3.63) is 66.0 Å². The van der Waals surface area contributed by atoms with Crippen molar-refractivity contribution in [3.8, 4) is 0 Å². The van der Waals surface area contributed by atoms with Gasteiger partial charge >= 0.3 is 0 Å². The van der Waals surface area contributed by atoms with E-state index in [-0.39, 0.29) is 17.3 Å². The van der Waals surface area contributed by atoms with E-state index in [1.165, 1.54) is 16.4 Å². The molecule has 9 heteroatoms. The van der Waals surface area contributed by atoms with Gasteiger partial charge in [0, 0.05) is 35.1 Å². The summed E-state index contributed by atoms with van der Waals surface area (Å²) in [5, 5.41) is 4.40. The predicted molar refractivity (Wildman–Crippen MR) is 123 cm³/mol. The molecule has 170 valence electrons. The highest BCUT2D eigenvalue weighted by Gasteiger charge is 2.40. The molecule has 0 saturated carbocycles. The summed E-state index contributed by atoms with van der Waals surface area (Å²) in [6.07, 6.45) is 0.929. The van der Waals surface area contributed by atoms with Gasteiger partial charge in [0.15, 0.2) is 0 Å². The van der Waals surface area contributed by atoms with Crippen molar-refractivity contribution in [1.29, 1.82) is 0 Å². The molecule has 0 radical (unpaired) electrons. The zero-order valence-electron chi connectivity index (χ0n) is 17.9. The Balaban J connectivity index is 1.46. The monoisotopic (exact) mass is 467 g/mol. The van der Waals surface area contributed by atoms with E-state index in [4.69, 9.17) is 0 Å². The number of nitrogens with one attached hydrogen (secondary N) is 1. The van der Waals surface area contributed by atoms with Gasteiger partial charge < -0.3 is 10.2 Å². The van der Waals surface area contributed by atoms with Gasteiger partial charge in [0.25, 0.3) is 5.91 Å². The molecule has 1 saturated heterocycles. The summed E-state index contributed by atoms with van der Waals surface area (Å²) in [6, 6.07) is 12.6. The Hall–Kier alpha value is -3.30. The first-order valence-corrected chi connectivity index (χ1v) is 12.2. The third-order valence-corrected chi connectivity index (χ3v) is 8.21. The van der Waals surface area contributed by atoms with Crippen LogP contribution in [0.5, 0.6) is 0 Å². The van der Waals surface area contributed by atoms with Crippen LogP contribution in [0.3, 0.4) is 0 Å². The largest absolute Gasteiger partial charge is 0.324 e. The standard InChI is InChI=1S/C24H22FN3O4S/c1-2-27-20-13-12-19(17-5-3-6-18(22(17)20)24(27)30)26-23(29)21-7-4-14-28(21)33(31,32)16-10-8-15(25)9-11-16/h3,5-6,8-13,21H,2,4,7,14H2,1H3,(H,26,29)/t21-/m1/s1. The van der Waals surface area contributed by atoms with Crippen molar-refractivity contribution in [2.24, 2.45) is 0 Å². The molecule has 0 bridgehead atoms. The van der Waals surface area contributed by atoms with Gasteiger partial charge in [-0.1, -0.05) is 12.1 Å². The smallest absolute Gasteiger partial charge is 0.258 e. The Kier molecular flexibility index (Phi) is 5.18. The number of rotatable bonds is 5. The third kappa shape index (κ3) is 3.39. The lowest BCUT2D eigenvalue weighted by Gasteiger charge is -2.24. The average molecular weight is 468 g/mol. The van der Waals surface area contributed by atoms with Crippen LogP contribution in [0, 0.1) is 5.82 Å². The fourth-order valence-corrected chi connectivity index (χ4v) is 6.37.